The molecule has 0 aromatic heterocycles. The number of nitrogens with two attached hydrogens (primary N) is 1. The number of ether oxygens (including phenoxy) is 1. The van der Waals surface area contributed by atoms with Gasteiger partial charge in [-0.1, -0.05) is 137 Å². The van der Waals surface area contributed by atoms with E-state index in [9.17, 15) is 4.79 Å². The lowest BCUT2D eigenvalue weighted by Gasteiger charge is -2.36. The summed E-state index contributed by atoms with van der Waals surface area (Å²) in [5.74, 6) is 4.98. The quantitative estimate of drug-likeness (QED) is 0.170. The number of hydrogen-bond acceptors (Lipinski definition) is 3. The fourth-order valence-corrected chi connectivity index (χ4v) is 4.14. The fraction of sp³-hybridized carbons (Fsp3) is 0.361. The number of carbonyl (C=O) groups is 1. The molecule has 0 fully saturated rings. The molecule has 2 atom stereocenters. The number of terminal acetylenes is 2. The molecule has 0 heterocycles. The number of hydrogen-bond donors (Lipinski definition) is 1. The molecule has 0 spiro atoms. The van der Waals surface area contributed by atoms with Crippen LogP contribution in [-0.4, -0.2) is 12.0 Å². The minimum atomic E-state index is -1.27. The third-order valence-corrected chi connectivity index (χ3v) is 5.98. The van der Waals surface area contributed by atoms with Gasteiger partial charge in [-0.15, -0.1) is 24.7 Å². The van der Waals surface area contributed by atoms with Crippen LogP contribution in [0, 0.1) is 37.5 Å². The van der Waals surface area contributed by atoms with E-state index >= 15 is 0 Å². The van der Waals surface area contributed by atoms with E-state index in [0.29, 0.717) is 10.6 Å². The number of carbonyl (C=O) groups excluding carboxylic acids is 1. The maximum absolute atomic E-state index is 13.0. The van der Waals surface area contributed by atoms with E-state index in [1.54, 1.807) is 13.0 Å². The van der Waals surface area contributed by atoms with Crippen molar-refractivity contribution in [2.45, 2.75) is 79.4 Å². The predicted molar refractivity (Wildman–Crippen MR) is 172 cm³/mol. The third kappa shape index (κ3) is 11.3. The van der Waals surface area contributed by atoms with Gasteiger partial charge >= 0.3 is 5.97 Å². The molecule has 3 rings (SSSR count). The monoisotopic (exact) mass is 559 g/mol. The van der Waals surface area contributed by atoms with Crippen LogP contribution < -0.4 is 5.73 Å². The predicted octanol–water partition coefficient (Wildman–Crippen LogP) is 8.94. The van der Waals surface area contributed by atoms with Gasteiger partial charge < -0.3 is 10.5 Å². The van der Waals surface area contributed by atoms with E-state index in [4.69, 9.17) is 28.5 Å². The molecule has 214 valence electrons. The number of rotatable bonds is 8. The first-order valence-corrected chi connectivity index (χ1v) is 14.2. The van der Waals surface area contributed by atoms with Gasteiger partial charge in [-0.25, -0.2) is 0 Å². The van der Waals surface area contributed by atoms with Gasteiger partial charge in [0, 0.05) is 28.1 Å². The van der Waals surface area contributed by atoms with E-state index in [1.165, 1.54) is 12.8 Å². The first-order valence-electron chi connectivity index (χ1n) is 13.8. The van der Waals surface area contributed by atoms with Crippen molar-refractivity contribution in [2.75, 3.05) is 0 Å². The molecule has 3 aromatic carbocycles. The van der Waals surface area contributed by atoms with Crippen molar-refractivity contribution in [2.24, 2.45) is 11.7 Å². The Balaban J connectivity index is 0.00000119. The van der Waals surface area contributed by atoms with Crippen molar-refractivity contribution in [3.05, 3.63) is 106 Å². The summed E-state index contributed by atoms with van der Waals surface area (Å²) >= 11 is 6.61. The second kappa shape index (κ2) is 20.4. The van der Waals surface area contributed by atoms with E-state index in [0.717, 1.165) is 22.6 Å². The Kier molecular flexibility index (Phi) is 18.6. The van der Waals surface area contributed by atoms with Crippen LogP contribution in [0.15, 0.2) is 78.9 Å². The molecule has 2 N–H and O–H groups in total. The molecule has 0 aliphatic heterocycles. The molecule has 0 bridgehead atoms. The SMILES string of the molecule is C#CC.C#CCC(N)C(=O)OC(c1ccccc1)(c1ccc(C)cc1)c1ccccc1Cl.CC.CCCC(C)C. The summed E-state index contributed by atoms with van der Waals surface area (Å²) in [6, 6.07) is 23.7. The van der Waals surface area contributed by atoms with Crippen molar-refractivity contribution < 1.29 is 9.53 Å². The average Bonchev–Trinajstić information content (AvgIpc) is 2.95. The Bertz CT molecular complexity index is 1190. The largest absolute Gasteiger partial charge is 0.443 e. The summed E-state index contributed by atoms with van der Waals surface area (Å²) in [6.07, 6.45) is 12.7. The minimum absolute atomic E-state index is 0.0835. The normalized spacial score (nSPS) is 11.8. The zero-order valence-electron chi connectivity index (χ0n) is 25.2. The van der Waals surface area contributed by atoms with Crippen LogP contribution in [0.25, 0.3) is 0 Å². The molecule has 0 amide bonds. The van der Waals surface area contributed by atoms with Gasteiger partial charge in [-0.2, -0.15) is 0 Å². The zero-order valence-corrected chi connectivity index (χ0v) is 26.0. The highest BCUT2D eigenvalue weighted by atomic mass is 35.5. The highest BCUT2D eigenvalue weighted by molar-refractivity contribution is 6.31. The molecule has 0 aliphatic rings. The molecule has 0 saturated carbocycles. The maximum atomic E-state index is 13.0. The van der Waals surface area contributed by atoms with Crippen molar-refractivity contribution in [1.29, 1.82) is 0 Å². The smallest absolute Gasteiger partial charge is 0.325 e. The highest BCUT2D eigenvalue weighted by Crippen LogP contribution is 2.43. The Morgan fingerprint density at radius 2 is 1.45 bits per heavy atom. The topological polar surface area (TPSA) is 52.3 Å². The first kappa shape index (κ1) is 36.5. The molecule has 2 unspecified atom stereocenters. The van der Waals surface area contributed by atoms with Gasteiger partial charge in [0.05, 0.1) is 0 Å². The Morgan fingerprint density at radius 3 is 1.90 bits per heavy atom. The number of benzene rings is 3. The van der Waals surface area contributed by atoms with Crippen molar-refractivity contribution in [3.63, 3.8) is 0 Å². The summed E-state index contributed by atoms with van der Waals surface area (Å²) in [6.45, 7) is 14.4. The van der Waals surface area contributed by atoms with Crippen LogP contribution >= 0.6 is 11.6 Å². The van der Waals surface area contributed by atoms with Gasteiger partial charge in [-0.05, 0) is 25.8 Å². The van der Waals surface area contributed by atoms with E-state index in [-0.39, 0.29) is 6.42 Å². The van der Waals surface area contributed by atoms with Crippen LogP contribution in [0.5, 0.6) is 0 Å². The Labute approximate surface area is 248 Å². The Morgan fingerprint density at radius 1 is 0.950 bits per heavy atom. The molecule has 3 aromatic rings. The molecule has 0 radical (unpaired) electrons. The van der Waals surface area contributed by atoms with Crippen molar-refractivity contribution in [3.8, 4) is 24.7 Å². The van der Waals surface area contributed by atoms with Gasteiger partial charge in [0.2, 0.25) is 0 Å². The summed E-state index contributed by atoms with van der Waals surface area (Å²) in [4.78, 5) is 13.0. The third-order valence-electron chi connectivity index (χ3n) is 5.65. The van der Waals surface area contributed by atoms with Crippen LogP contribution in [0.2, 0.25) is 5.02 Å². The fourth-order valence-electron chi connectivity index (χ4n) is 3.87. The second-order valence-corrected chi connectivity index (χ2v) is 9.71. The lowest BCUT2D eigenvalue weighted by atomic mass is 9.79. The number of esters is 1. The van der Waals surface area contributed by atoms with Crippen LogP contribution in [0.3, 0.4) is 0 Å². The minimum Gasteiger partial charge on any atom is -0.443 e. The number of aryl methyl sites for hydroxylation is 1. The van der Waals surface area contributed by atoms with Gasteiger partial charge in [0.1, 0.15) is 6.04 Å². The molecule has 0 aliphatic carbocycles. The summed E-state index contributed by atoms with van der Waals surface area (Å²) in [7, 11) is 0. The first-order chi connectivity index (χ1) is 19.2. The van der Waals surface area contributed by atoms with Crippen LogP contribution in [0.1, 0.15) is 83.1 Å². The Hall–Kier alpha value is -3.50. The molecule has 0 saturated heterocycles. The molecule has 3 nitrogen and oxygen atoms in total. The van der Waals surface area contributed by atoms with Gasteiger partial charge in [0.15, 0.2) is 5.60 Å². The van der Waals surface area contributed by atoms with Crippen molar-refractivity contribution >= 4 is 17.6 Å². The van der Waals surface area contributed by atoms with Crippen LogP contribution in [-0.2, 0) is 15.1 Å². The standard InChI is InChI=1S/C25H22ClNO2.C6H14.C3H4.C2H6/c1-3-9-23(27)24(28)29-25(19-10-5-4-6-11-19,20-16-14-18(2)15-17-20)21-12-7-8-13-22(21)26;1-4-5-6(2)3;1-3-2;1-2/h1,4-8,10-17,23H,9,27H2,2H3;6H,4-5H2,1-3H3;1H,2H3;1-2H3. The average molecular weight is 560 g/mol. The maximum Gasteiger partial charge on any atom is 0.325 e. The lowest BCUT2D eigenvalue weighted by molar-refractivity contribution is -0.155. The molecule has 4 heteroatoms. The lowest BCUT2D eigenvalue weighted by Crippen LogP contribution is -2.41. The van der Waals surface area contributed by atoms with E-state index < -0.39 is 17.6 Å². The summed E-state index contributed by atoms with van der Waals surface area (Å²) in [5, 5.41) is 0.482. The molecule has 40 heavy (non-hydrogen) atoms. The summed E-state index contributed by atoms with van der Waals surface area (Å²) in [5.41, 5.74) is 7.98. The van der Waals surface area contributed by atoms with Gasteiger partial charge in [0.25, 0.3) is 0 Å². The van der Waals surface area contributed by atoms with E-state index in [1.807, 2.05) is 93.6 Å². The summed E-state index contributed by atoms with van der Waals surface area (Å²) < 4.78 is 6.19. The zero-order chi connectivity index (χ0) is 30.6. The van der Waals surface area contributed by atoms with E-state index in [2.05, 4.69) is 39.0 Å². The second-order valence-electron chi connectivity index (χ2n) is 9.30. The van der Waals surface area contributed by atoms with Crippen LogP contribution in [0.4, 0.5) is 0 Å². The molecular weight excluding hydrogens is 514 g/mol. The van der Waals surface area contributed by atoms with Gasteiger partial charge in [-0.3, -0.25) is 4.79 Å². The number of halogens is 1. The highest BCUT2D eigenvalue weighted by Gasteiger charge is 2.42. The molecular formula is C36H46ClNO2. The van der Waals surface area contributed by atoms with Crippen molar-refractivity contribution in [1.82, 2.24) is 0 Å².